The third-order valence-electron chi connectivity index (χ3n) is 6.59. The van der Waals surface area contributed by atoms with Crippen LogP contribution in [0.15, 0.2) is 0 Å². The molecular weight excluding hydrogens is 318 g/mol. The molecule has 1 saturated carbocycles. The van der Waals surface area contributed by atoms with Gasteiger partial charge in [-0.05, 0) is 19.3 Å². The standard InChI is InChI=1S/C24H47NO/c1-2-3-4-5-6-11-14-17-20-24(23(25)26)21-18-15-12-9-7-8-10-13-16-19-22-24/h2-22H2,1H3,(H2,25,26). The first kappa shape index (κ1) is 23.5. The minimum absolute atomic E-state index is 0.00434. The second kappa shape index (κ2) is 15.5. The summed E-state index contributed by atoms with van der Waals surface area (Å²) in [7, 11) is 0. The largest absolute Gasteiger partial charge is 0.369 e. The average molecular weight is 366 g/mol. The summed E-state index contributed by atoms with van der Waals surface area (Å²) < 4.78 is 0. The van der Waals surface area contributed by atoms with Gasteiger partial charge < -0.3 is 5.73 Å². The molecule has 0 aliphatic heterocycles. The van der Waals surface area contributed by atoms with Gasteiger partial charge >= 0.3 is 0 Å². The maximum atomic E-state index is 12.4. The molecule has 154 valence electrons. The Labute approximate surface area is 164 Å². The molecule has 0 aromatic rings. The van der Waals surface area contributed by atoms with Gasteiger partial charge in [0.25, 0.3) is 0 Å². The summed E-state index contributed by atoms with van der Waals surface area (Å²) in [5.41, 5.74) is 5.77. The van der Waals surface area contributed by atoms with Crippen LogP contribution in [-0.2, 0) is 4.79 Å². The van der Waals surface area contributed by atoms with Crippen LogP contribution in [0, 0.1) is 5.41 Å². The summed E-state index contributed by atoms with van der Waals surface area (Å²) in [6, 6.07) is 0. The second-order valence-corrected chi connectivity index (χ2v) is 8.90. The lowest BCUT2D eigenvalue weighted by molar-refractivity contribution is -0.129. The van der Waals surface area contributed by atoms with Crippen LogP contribution in [0.25, 0.3) is 0 Å². The van der Waals surface area contributed by atoms with Gasteiger partial charge in [-0.15, -0.1) is 0 Å². The highest BCUT2D eigenvalue weighted by Crippen LogP contribution is 2.37. The first-order chi connectivity index (χ1) is 12.7. The van der Waals surface area contributed by atoms with E-state index in [4.69, 9.17) is 5.73 Å². The van der Waals surface area contributed by atoms with E-state index in [2.05, 4.69) is 6.92 Å². The Bertz CT molecular complexity index is 325. The van der Waals surface area contributed by atoms with Gasteiger partial charge in [-0.25, -0.2) is 0 Å². The number of nitrogens with two attached hydrogens (primary N) is 1. The van der Waals surface area contributed by atoms with Crippen molar-refractivity contribution < 1.29 is 4.79 Å². The zero-order chi connectivity index (χ0) is 18.9. The third-order valence-corrected chi connectivity index (χ3v) is 6.59. The predicted octanol–water partition coefficient (Wildman–Crippen LogP) is 7.68. The number of amides is 1. The van der Waals surface area contributed by atoms with Gasteiger partial charge in [0.2, 0.25) is 5.91 Å². The molecule has 0 aromatic carbocycles. The van der Waals surface area contributed by atoms with Gasteiger partial charge in [0.1, 0.15) is 0 Å². The lowest BCUT2D eigenvalue weighted by Gasteiger charge is -2.31. The number of hydrogen-bond donors (Lipinski definition) is 1. The Kier molecular flexibility index (Phi) is 14.0. The van der Waals surface area contributed by atoms with Crippen LogP contribution >= 0.6 is 0 Å². The Morgan fingerprint density at radius 3 is 1.46 bits per heavy atom. The SMILES string of the molecule is CCCCCCCCCCC1(C(N)=O)CCCCCCCCCCCC1. The molecule has 0 aromatic heterocycles. The number of rotatable bonds is 10. The molecule has 0 saturated heterocycles. The fraction of sp³-hybridized carbons (Fsp3) is 0.958. The van der Waals surface area contributed by atoms with E-state index in [1.165, 1.54) is 116 Å². The van der Waals surface area contributed by atoms with Gasteiger partial charge in [-0.2, -0.15) is 0 Å². The Hall–Kier alpha value is -0.530. The zero-order valence-electron chi connectivity index (χ0n) is 17.8. The summed E-state index contributed by atoms with van der Waals surface area (Å²) in [5.74, 6) is -0.00434. The molecule has 0 unspecified atom stereocenters. The van der Waals surface area contributed by atoms with Crippen molar-refractivity contribution in [2.75, 3.05) is 0 Å². The van der Waals surface area contributed by atoms with Gasteiger partial charge in [-0.1, -0.05) is 122 Å². The van der Waals surface area contributed by atoms with E-state index < -0.39 is 0 Å². The average Bonchev–Trinajstić information content (AvgIpc) is 2.65. The predicted molar refractivity (Wildman–Crippen MR) is 114 cm³/mol. The highest BCUT2D eigenvalue weighted by molar-refractivity contribution is 5.80. The second-order valence-electron chi connectivity index (χ2n) is 8.90. The van der Waals surface area contributed by atoms with Crippen LogP contribution in [0.1, 0.15) is 142 Å². The van der Waals surface area contributed by atoms with Gasteiger partial charge in [-0.3, -0.25) is 4.79 Å². The van der Waals surface area contributed by atoms with E-state index in [-0.39, 0.29) is 11.3 Å². The molecule has 2 nitrogen and oxygen atoms in total. The first-order valence-corrected chi connectivity index (χ1v) is 12.0. The summed E-state index contributed by atoms with van der Waals surface area (Å²) in [6.07, 6.45) is 27.0. The normalized spacial score (nSPS) is 19.9. The smallest absolute Gasteiger partial charge is 0.223 e. The maximum absolute atomic E-state index is 12.4. The summed E-state index contributed by atoms with van der Waals surface area (Å²) in [4.78, 5) is 12.4. The van der Waals surface area contributed by atoms with Crippen molar-refractivity contribution in [3.05, 3.63) is 0 Å². The Balaban J connectivity index is 2.40. The highest BCUT2D eigenvalue weighted by atomic mass is 16.1. The van der Waals surface area contributed by atoms with Crippen molar-refractivity contribution in [3.63, 3.8) is 0 Å². The fourth-order valence-corrected chi connectivity index (χ4v) is 4.68. The molecule has 1 aliphatic rings. The summed E-state index contributed by atoms with van der Waals surface area (Å²) in [6.45, 7) is 2.27. The number of primary amides is 1. The molecule has 0 bridgehead atoms. The van der Waals surface area contributed by atoms with Crippen molar-refractivity contribution in [1.29, 1.82) is 0 Å². The molecular formula is C24H47NO. The number of carbonyl (C=O) groups is 1. The van der Waals surface area contributed by atoms with Gasteiger partial charge in [0.15, 0.2) is 0 Å². The fourth-order valence-electron chi connectivity index (χ4n) is 4.68. The topological polar surface area (TPSA) is 43.1 Å². The maximum Gasteiger partial charge on any atom is 0.223 e. The number of hydrogen-bond acceptors (Lipinski definition) is 1. The van der Waals surface area contributed by atoms with Crippen molar-refractivity contribution in [3.8, 4) is 0 Å². The molecule has 1 amide bonds. The minimum atomic E-state index is -0.198. The third kappa shape index (κ3) is 10.6. The van der Waals surface area contributed by atoms with Crippen LogP contribution in [-0.4, -0.2) is 5.91 Å². The zero-order valence-corrected chi connectivity index (χ0v) is 17.8. The molecule has 0 heterocycles. The monoisotopic (exact) mass is 365 g/mol. The van der Waals surface area contributed by atoms with Crippen molar-refractivity contribution in [2.24, 2.45) is 11.1 Å². The Morgan fingerprint density at radius 2 is 1.04 bits per heavy atom. The summed E-state index contributed by atoms with van der Waals surface area (Å²) in [5, 5.41) is 0. The van der Waals surface area contributed by atoms with Gasteiger partial charge in [0, 0.05) is 5.41 Å². The summed E-state index contributed by atoms with van der Waals surface area (Å²) >= 11 is 0. The minimum Gasteiger partial charge on any atom is -0.369 e. The molecule has 1 rings (SSSR count). The first-order valence-electron chi connectivity index (χ1n) is 12.0. The van der Waals surface area contributed by atoms with Gasteiger partial charge in [0.05, 0.1) is 0 Å². The van der Waals surface area contributed by atoms with E-state index in [1.54, 1.807) is 0 Å². The lowest BCUT2D eigenvalue weighted by atomic mass is 9.73. The van der Waals surface area contributed by atoms with Crippen molar-refractivity contribution in [2.45, 2.75) is 142 Å². The Morgan fingerprint density at radius 1 is 0.654 bits per heavy atom. The van der Waals surface area contributed by atoms with Crippen LogP contribution in [0.5, 0.6) is 0 Å². The van der Waals surface area contributed by atoms with E-state index in [9.17, 15) is 4.79 Å². The van der Waals surface area contributed by atoms with Crippen LogP contribution in [0.3, 0.4) is 0 Å². The molecule has 2 N–H and O–H groups in total. The molecule has 1 aliphatic carbocycles. The van der Waals surface area contributed by atoms with Crippen LogP contribution in [0.2, 0.25) is 0 Å². The van der Waals surface area contributed by atoms with Crippen LogP contribution in [0.4, 0.5) is 0 Å². The van der Waals surface area contributed by atoms with Crippen molar-refractivity contribution >= 4 is 5.91 Å². The molecule has 0 radical (unpaired) electrons. The van der Waals surface area contributed by atoms with E-state index >= 15 is 0 Å². The number of unbranched alkanes of at least 4 members (excludes halogenated alkanes) is 7. The quantitative estimate of drug-likeness (QED) is 0.396. The molecule has 0 spiro atoms. The lowest BCUT2D eigenvalue weighted by Crippen LogP contribution is -2.37. The van der Waals surface area contributed by atoms with E-state index in [0.717, 1.165) is 19.3 Å². The van der Waals surface area contributed by atoms with E-state index in [1.807, 2.05) is 0 Å². The molecule has 1 fully saturated rings. The number of carbonyl (C=O) groups excluding carboxylic acids is 1. The molecule has 2 heteroatoms. The van der Waals surface area contributed by atoms with E-state index in [0.29, 0.717) is 0 Å². The van der Waals surface area contributed by atoms with Crippen LogP contribution < -0.4 is 5.73 Å². The highest BCUT2D eigenvalue weighted by Gasteiger charge is 2.34. The molecule has 26 heavy (non-hydrogen) atoms. The molecule has 0 atom stereocenters. The van der Waals surface area contributed by atoms with Crippen molar-refractivity contribution in [1.82, 2.24) is 0 Å².